The fourth-order valence-corrected chi connectivity index (χ4v) is 1.80. The summed E-state index contributed by atoms with van der Waals surface area (Å²) in [4.78, 5) is 2.25. The minimum Gasteiger partial charge on any atom is -0.373 e. The van der Waals surface area contributed by atoms with Crippen LogP contribution in [-0.2, 0) is 9.47 Å². The van der Waals surface area contributed by atoms with Gasteiger partial charge in [0.1, 0.15) is 5.60 Å². The largest absolute Gasteiger partial charge is 0.373 e. The van der Waals surface area contributed by atoms with Gasteiger partial charge in [-0.2, -0.15) is 0 Å². The van der Waals surface area contributed by atoms with Gasteiger partial charge in [0.25, 0.3) is 0 Å². The molecule has 0 amide bonds. The first-order chi connectivity index (χ1) is 5.20. The van der Waals surface area contributed by atoms with Crippen LogP contribution in [0, 0.1) is 0 Å². The van der Waals surface area contributed by atoms with E-state index in [1.807, 2.05) is 0 Å². The molecule has 2 rings (SSSR count). The summed E-state index contributed by atoms with van der Waals surface area (Å²) >= 11 is 0. The predicted octanol–water partition coefficient (Wildman–Crippen LogP) is 0.106. The summed E-state index contributed by atoms with van der Waals surface area (Å²) in [5, 5.41) is 0. The van der Waals surface area contributed by atoms with Crippen LogP contribution in [0.5, 0.6) is 0 Å². The van der Waals surface area contributed by atoms with E-state index in [2.05, 4.69) is 18.9 Å². The van der Waals surface area contributed by atoms with Crippen LogP contribution in [0.3, 0.4) is 0 Å². The van der Waals surface area contributed by atoms with Crippen molar-refractivity contribution in [3.63, 3.8) is 0 Å². The van der Waals surface area contributed by atoms with Crippen LogP contribution in [0.4, 0.5) is 0 Å². The monoisotopic (exact) mass is 157 g/mol. The highest BCUT2D eigenvalue weighted by molar-refractivity contribution is 4.97. The molecule has 0 radical (unpaired) electrons. The van der Waals surface area contributed by atoms with E-state index in [1.165, 1.54) is 0 Å². The van der Waals surface area contributed by atoms with Gasteiger partial charge in [0.05, 0.1) is 19.3 Å². The van der Waals surface area contributed by atoms with E-state index in [0.29, 0.717) is 0 Å². The first-order valence-corrected chi connectivity index (χ1v) is 4.14. The Labute approximate surface area is 67.3 Å². The Bertz CT molecular complexity index is 144. The normalized spacial score (nSPS) is 37.1. The lowest BCUT2D eigenvalue weighted by Gasteiger charge is -2.50. The minimum absolute atomic E-state index is 0.0568. The number of likely N-dealkylation sites (tertiary alicyclic amines) is 1. The maximum Gasteiger partial charge on any atom is 0.117 e. The van der Waals surface area contributed by atoms with Crippen molar-refractivity contribution in [1.82, 2.24) is 4.90 Å². The summed E-state index contributed by atoms with van der Waals surface area (Å²) < 4.78 is 11.2. The Hall–Kier alpha value is -0.120. The maximum absolute atomic E-state index is 5.72. The van der Waals surface area contributed by atoms with Crippen LogP contribution < -0.4 is 0 Å². The molecule has 2 aliphatic heterocycles. The highest BCUT2D eigenvalue weighted by Gasteiger charge is 2.45. The molecule has 0 bridgehead atoms. The molecule has 3 nitrogen and oxygen atoms in total. The lowest BCUT2D eigenvalue weighted by atomic mass is 9.95. The second-order valence-electron chi connectivity index (χ2n) is 3.79. The van der Waals surface area contributed by atoms with E-state index >= 15 is 0 Å². The fraction of sp³-hybridized carbons (Fsp3) is 1.00. The molecule has 0 aliphatic carbocycles. The van der Waals surface area contributed by atoms with E-state index in [9.17, 15) is 0 Å². The van der Waals surface area contributed by atoms with E-state index in [-0.39, 0.29) is 11.7 Å². The smallest absolute Gasteiger partial charge is 0.117 e. The third-order valence-corrected chi connectivity index (χ3v) is 2.37. The molecule has 11 heavy (non-hydrogen) atoms. The first-order valence-electron chi connectivity index (χ1n) is 4.14. The van der Waals surface area contributed by atoms with Gasteiger partial charge < -0.3 is 14.4 Å². The third kappa shape index (κ3) is 1.28. The number of likely N-dealkylation sites (N-methyl/N-ethyl adjacent to an activating group) is 1. The Morgan fingerprint density at radius 1 is 1.45 bits per heavy atom. The third-order valence-electron chi connectivity index (χ3n) is 2.37. The van der Waals surface area contributed by atoms with Crippen LogP contribution in [0.15, 0.2) is 0 Å². The summed E-state index contributed by atoms with van der Waals surface area (Å²) in [6.45, 7) is 5.64. The van der Waals surface area contributed by atoms with E-state index in [0.717, 1.165) is 26.3 Å². The van der Waals surface area contributed by atoms with Crippen molar-refractivity contribution in [2.24, 2.45) is 0 Å². The van der Waals surface area contributed by atoms with E-state index < -0.39 is 0 Å². The molecular formula is C8H15NO2. The molecule has 0 N–H and O–H groups in total. The van der Waals surface area contributed by atoms with Crippen molar-refractivity contribution in [3.8, 4) is 0 Å². The number of hydrogen-bond donors (Lipinski definition) is 0. The molecule has 2 saturated heterocycles. The summed E-state index contributed by atoms with van der Waals surface area (Å²) in [6.07, 6.45) is 0.284. The molecule has 2 fully saturated rings. The summed E-state index contributed by atoms with van der Waals surface area (Å²) in [5.41, 5.74) is 0.0568. The zero-order valence-corrected chi connectivity index (χ0v) is 7.17. The summed E-state index contributed by atoms with van der Waals surface area (Å²) in [7, 11) is 2.10. The van der Waals surface area contributed by atoms with Crippen LogP contribution >= 0.6 is 0 Å². The molecule has 2 heterocycles. The van der Waals surface area contributed by atoms with Crippen molar-refractivity contribution < 1.29 is 9.47 Å². The van der Waals surface area contributed by atoms with Crippen molar-refractivity contribution in [1.29, 1.82) is 0 Å². The molecule has 0 aromatic carbocycles. The highest BCUT2D eigenvalue weighted by Crippen LogP contribution is 2.27. The van der Waals surface area contributed by atoms with Crippen molar-refractivity contribution >= 4 is 0 Å². The van der Waals surface area contributed by atoms with Gasteiger partial charge in [0, 0.05) is 13.1 Å². The quantitative estimate of drug-likeness (QED) is 0.498. The molecular weight excluding hydrogens is 142 g/mol. The van der Waals surface area contributed by atoms with Crippen LogP contribution in [0.2, 0.25) is 0 Å². The second-order valence-corrected chi connectivity index (χ2v) is 3.79. The molecule has 2 aliphatic rings. The number of nitrogens with zero attached hydrogens (tertiary/aromatic N) is 1. The summed E-state index contributed by atoms with van der Waals surface area (Å²) in [5.74, 6) is 0. The van der Waals surface area contributed by atoms with Gasteiger partial charge in [-0.1, -0.05) is 0 Å². The minimum atomic E-state index is 0.0568. The average molecular weight is 157 g/mol. The van der Waals surface area contributed by atoms with Gasteiger partial charge in [-0.15, -0.1) is 0 Å². The van der Waals surface area contributed by atoms with Crippen molar-refractivity contribution in [2.45, 2.75) is 18.6 Å². The zero-order chi connectivity index (χ0) is 7.90. The van der Waals surface area contributed by atoms with Gasteiger partial charge in [0.15, 0.2) is 0 Å². The van der Waals surface area contributed by atoms with Crippen LogP contribution in [0.1, 0.15) is 6.92 Å². The maximum atomic E-state index is 5.72. The van der Waals surface area contributed by atoms with E-state index in [4.69, 9.17) is 9.47 Å². The molecule has 64 valence electrons. The first kappa shape index (κ1) is 7.53. The molecule has 0 saturated carbocycles. The molecule has 1 spiro atoms. The summed E-state index contributed by atoms with van der Waals surface area (Å²) in [6, 6.07) is 0. The highest BCUT2D eigenvalue weighted by atomic mass is 16.6. The molecule has 1 atom stereocenters. The molecule has 3 heteroatoms. The van der Waals surface area contributed by atoms with Gasteiger partial charge >= 0.3 is 0 Å². The lowest BCUT2D eigenvalue weighted by molar-refractivity contribution is -0.232. The second kappa shape index (κ2) is 2.44. The Balaban J connectivity index is 1.88. The zero-order valence-electron chi connectivity index (χ0n) is 7.17. The lowest BCUT2D eigenvalue weighted by Crippen LogP contribution is -2.66. The fourth-order valence-electron chi connectivity index (χ4n) is 1.80. The van der Waals surface area contributed by atoms with Gasteiger partial charge in [-0.05, 0) is 14.0 Å². The Kier molecular flexibility index (Phi) is 1.67. The predicted molar refractivity (Wildman–Crippen MR) is 41.6 cm³/mol. The van der Waals surface area contributed by atoms with Gasteiger partial charge in [-0.25, -0.2) is 0 Å². The van der Waals surface area contributed by atoms with E-state index in [1.54, 1.807) is 0 Å². The Morgan fingerprint density at radius 3 is 2.64 bits per heavy atom. The van der Waals surface area contributed by atoms with Crippen LogP contribution in [0.25, 0.3) is 0 Å². The van der Waals surface area contributed by atoms with Crippen molar-refractivity contribution in [3.05, 3.63) is 0 Å². The molecule has 0 aromatic rings. The Morgan fingerprint density at radius 2 is 2.18 bits per heavy atom. The van der Waals surface area contributed by atoms with Crippen LogP contribution in [-0.4, -0.2) is 50.0 Å². The van der Waals surface area contributed by atoms with Gasteiger partial charge in [-0.3, -0.25) is 0 Å². The van der Waals surface area contributed by atoms with Crippen molar-refractivity contribution in [2.75, 3.05) is 33.4 Å². The number of hydrogen-bond acceptors (Lipinski definition) is 3. The number of rotatable bonds is 0. The molecule has 0 aromatic heterocycles. The molecule has 1 unspecified atom stereocenters. The number of ether oxygens (including phenoxy) is 2. The average Bonchev–Trinajstić information content (AvgIpc) is 1.92. The standard InChI is InChI=1S/C8H15NO2/c1-7-3-11-8(6-10-7)4-9(2)5-8/h7H,3-6H2,1-2H3. The van der Waals surface area contributed by atoms with Gasteiger partial charge in [0.2, 0.25) is 0 Å². The topological polar surface area (TPSA) is 21.7 Å². The SMILES string of the molecule is CC1COC2(CO1)CN(C)C2.